The van der Waals surface area contributed by atoms with Gasteiger partial charge in [-0.1, -0.05) is 11.6 Å². The van der Waals surface area contributed by atoms with Crippen molar-refractivity contribution in [3.05, 3.63) is 28.8 Å². The van der Waals surface area contributed by atoms with E-state index >= 15 is 0 Å². The normalized spacial score (nSPS) is 13.4. The highest BCUT2D eigenvalue weighted by Crippen LogP contribution is 2.31. The van der Waals surface area contributed by atoms with Crippen molar-refractivity contribution in [2.75, 3.05) is 12.4 Å². The SMILES string of the molecule is C[C@@H](N)c1cc(Cl)ccc1OCCSC(F)(F)F. The summed E-state index contributed by atoms with van der Waals surface area (Å²) in [4.78, 5) is 0. The van der Waals surface area contributed by atoms with Gasteiger partial charge in [0, 0.05) is 22.4 Å². The van der Waals surface area contributed by atoms with Crippen LogP contribution in [0.1, 0.15) is 18.5 Å². The third-order valence-electron chi connectivity index (χ3n) is 2.07. The average Bonchev–Trinajstić information content (AvgIpc) is 2.24. The van der Waals surface area contributed by atoms with Crippen LogP contribution in [-0.2, 0) is 0 Å². The summed E-state index contributed by atoms with van der Waals surface area (Å²) in [7, 11) is 0. The van der Waals surface area contributed by atoms with Crippen molar-refractivity contribution in [3.8, 4) is 5.75 Å². The summed E-state index contributed by atoms with van der Waals surface area (Å²) in [6.45, 7) is 1.72. The van der Waals surface area contributed by atoms with Crippen molar-refractivity contribution < 1.29 is 17.9 Å². The second-order valence-electron chi connectivity index (χ2n) is 3.61. The smallest absolute Gasteiger partial charge is 0.441 e. The largest absolute Gasteiger partial charge is 0.492 e. The minimum atomic E-state index is -4.23. The lowest BCUT2D eigenvalue weighted by atomic mass is 10.1. The molecule has 102 valence electrons. The average molecular weight is 300 g/mol. The number of alkyl halides is 3. The summed E-state index contributed by atoms with van der Waals surface area (Å²) in [5, 5.41) is 0.513. The van der Waals surface area contributed by atoms with E-state index in [9.17, 15) is 13.2 Å². The standard InChI is InChI=1S/C11H13ClF3NOS/c1-7(16)9-6-8(12)2-3-10(9)17-4-5-18-11(13,14)15/h2-3,6-7H,4-5,16H2,1H3/t7-/m1/s1. The van der Waals surface area contributed by atoms with Crippen LogP contribution in [0.3, 0.4) is 0 Å². The van der Waals surface area contributed by atoms with Crippen LogP contribution in [0.15, 0.2) is 18.2 Å². The Morgan fingerprint density at radius 2 is 2.11 bits per heavy atom. The molecule has 0 saturated heterocycles. The molecule has 0 aliphatic heterocycles. The van der Waals surface area contributed by atoms with Gasteiger partial charge in [0.25, 0.3) is 0 Å². The Morgan fingerprint density at radius 1 is 1.44 bits per heavy atom. The summed E-state index contributed by atoms with van der Waals surface area (Å²) in [5.41, 5.74) is 2.18. The molecule has 0 spiro atoms. The lowest BCUT2D eigenvalue weighted by molar-refractivity contribution is -0.0329. The molecule has 2 nitrogen and oxygen atoms in total. The number of thioether (sulfide) groups is 1. The maximum Gasteiger partial charge on any atom is 0.441 e. The van der Waals surface area contributed by atoms with Crippen molar-refractivity contribution >= 4 is 23.4 Å². The predicted octanol–water partition coefficient (Wildman–Crippen LogP) is 3.99. The van der Waals surface area contributed by atoms with Crippen LogP contribution < -0.4 is 10.5 Å². The van der Waals surface area contributed by atoms with Crippen LogP contribution in [0, 0.1) is 0 Å². The Bertz CT molecular complexity index is 398. The number of benzene rings is 1. The summed E-state index contributed by atoms with van der Waals surface area (Å²) in [6, 6.07) is 4.58. The number of nitrogens with two attached hydrogens (primary N) is 1. The summed E-state index contributed by atoms with van der Waals surface area (Å²) < 4.78 is 41.0. The molecule has 0 aliphatic carbocycles. The van der Waals surface area contributed by atoms with E-state index in [-0.39, 0.29) is 30.2 Å². The highest BCUT2D eigenvalue weighted by molar-refractivity contribution is 8.00. The lowest BCUT2D eigenvalue weighted by Gasteiger charge is -2.14. The van der Waals surface area contributed by atoms with Gasteiger partial charge in [0.1, 0.15) is 5.75 Å². The second-order valence-corrected chi connectivity index (χ2v) is 5.21. The minimum Gasteiger partial charge on any atom is -0.492 e. The summed E-state index contributed by atoms with van der Waals surface area (Å²) in [6.07, 6.45) is 0. The number of hydrogen-bond donors (Lipinski definition) is 1. The molecule has 0 saturated carbocycles. The zero-order valence-corrected chi connectivity index (χ0v) is 11.2. The summed E-state index contributed by atoms with van der Waals surface area (Å²) in [5.74, 6) is 0.307. The second kappa shape index (κ2) is 6.54. The molecule has 0 fully saturated rings. The van der Waals surface area contributed by atoms with E-state index in [1.807, 2.05) is 0 Å². The zero-order chi connectivity index (χ0) is 13.8. The number of rotatable bonds is 5. The number of ether oxygens (including phenoxy) is 1. The number of hydrogen-bond acceptors (Lipinski definition) is 3. The van der Waals surface area contributed by atoms with E-state index in [0.717, 1.165) is 0 Å². The zero-order valence-electron chi connectivity index (χ0n) is 9.63. The molecule has 0 unspecified atom stereocenters. The first kappa shape index (κ1) is 15.5. The van der Waals surface area contributed by atoms with Crippen molar-refractivity contribution in [2.45, 2.75) is 18.5 Å². The molecule has 0 radical (unpaired) electrons. The molecule has 1 atom stereocenters. The van der Waals surface area contributed by atoms with Crippen molar-refractivity contribution in [2.24, 2.45) is 5.73 Å². The van der Waals surface area contributed by atoms with Gasteiger partial charge in [0.05, 0.1) is 6.61 Å². The van der Waals surface area contributed by atoms with E-state index < -0.39 is 5.51 Å². The topological polar surface area (TPSA) is 35.2 Å². The number of halogens is 4. The highest BCUT2D eigenvalue weighted by atomic mass is 35.5. The van der Waals surface area contributed by atoms with E-state index in [1.165, 1.54) is 0 Å². The van der Waals surface area contributed by atoms with E-state index in [4.69, 9.17) is 22.1 Å². The van der Waals surface area contributed by atoms with Crippen LogP contribution in [0.5, 0.6) is 5.75 Å². The minimum absolute atomic E-state index is 0.0362. The van der Waals surface area contributed by atoms with Crippen LogP contribution >= 0.6 is 23.4 Å². The Kier molecular flexibility index (Phi) is 5.62. The Labute approximate surface area is 113 Å². The van der Waals surface area contributed by atoms with Gasteiger partial charge in [-0.3, -0.25) is 0 Å². The first-order chi connectivity index (χ1) is 8.29. The van der Waals surface area contributed by atoms with Crippen LogP contribution in [0.4, 0.5) is 13.2 Å². The Hall–Kier alpha value is -0.590. The molecule has 0 bridgehead atoms. The molecule has 7 heteroatoms. The molecule has 1 aromatic carbocycles. The molecule has 0 heterocycles. The van der Waals surface area contributed by atoms with Gasteiger partial charge in [-0.25, -0.2) is 0 Å². The van der Waals surface area contributed by atoms with Gasteiger partial charge in [-0.2, -0.15) is 13.2 Å². The molecule has 18 heavy (non-hydrogen) atoms. The first-order valence-electron chi connectivity index (χ1n) is 5.18. The fourth-order valence-electron chi connectivity index (χ4n) is 1.32. The summed E-state index contributed by atoms with van der Waals surface area (Å²) >= 11 is 5.71. The maximum atomic E-state index is 11.9. The van der Waals surface area contributed by atoms with Gasteiger partial charge in [0.15, 0.2) is 0 Å². The predicted molar refractivity (Wildman–Crippen MR) is 68.1 cm³/mol. The molecule has 0 amide bonds. The molecule has 2 N–H and O–H groups in total. The van der Waals surface area contributed by atoms with Gasteiger partial charge in [-0.15, -0.1) is 0 Å². The molecular formula is C11H13ClF3NOS. The van der Waals surface area contributed by atoms with E-state index in [2.05, 4.69) is 0 Å². The Balaban J connectivity index is 2.57. The van der Waals surface area contributed by atoms with Gasteiger partial charge < -0.3 is 10.5 Å². The molecule has 0 aromatic heterocycles. The van der Waals surface area contributed by atoms with Crippen LogP contribution in [0.25, 0.3) is 0 Å². The van der Waals surface area contributed by atoms with Crippen molar-refractivity contribution in [1.82, 2.24) is 0 Å². The van der Waals surface area contributed by atoms with Crippen LogP contribution in [0.2, 0.25) is 5.02 Å². The van der Waals surface area contributed by atoms with Crippen LogP contribution in [-0.4, -0.2) is 17.9 Å². The van der Waals surface area contributed by atoms with E-state index in [1.54, 1.807) is 25.1 Å². The maximum absolute atomic E-state index is 11.9. The van der Waals surface area contributed by atoms with Crippen molar-refractivity contribution in [1.29, 1.82) is 0 Å². The molecule has 0 aliphatic rings. The van der Waals surface area contributed by atoms with E-state index in [0.29, 0.717) is 16.3 Å². The highest BCUT2D eigenvalue weighted by Gasteiger charge is 2.27. The molecular weight excluding hydrogens is 287 g/mol. The van der Waals surface area contributed by atoms with Crippen molar-refractivity contribution in [3.63, 3.8) is 0 Å². The molecule has 1 rings (SSSR count). The van der Waals surface area contributed by atoms with Gasteiger partial charge in [-0.05, 0) is 36.9 Å². The lowest BCUT2D eigenvalue weighted by Crippen LogP contribution is -2.11. The fourth-order valence-corrected chi connectivity index (χ4v) is 1.89. The quantitative estimate of drug-likeness (QED) is 0.835. The van der Waals surface area contributed by atoms with Gasteiger partial charge in [0.2, 0.25) is 0 Å². The van der Waals surface area contributed by atoms with Gasteiger partial charge >= 0.3 is 5.51 Å². The monoisotopic (exact) mass is 299 g/mol. The Morgan fingerprint density at radius 3 is 2.67 bits per heavy atom. The third-order valence-corrected chi connectivity index (χ3v) is 3.00. The molecule has 1 aromatic rings. The third kappa shape index (κ3) is 5.37. The first-order valence-corrected chi connectivity index (χ1v) is 6.54. The fraction of sp³-hybridized carbons (Fsp3) is 0.455.